The number of hydrogen-bond donors (Lipinski definition) is 1. The Balaban J connectivity index is 2.25. The third kappa shape index (κ3) is 3.11. The fraction of sp³-hybridized carbons (Fsp3) is 0.412. The van der Waals surface area contributed by atoms with E-state index in [1.807, 2.05) is 0 Å². The maximum Gasteiger partial charge on any atom is 0.0462 e. The average Bonchev–Trinajstić information content (AvgIpc) is 2.38. The third-order valence-electron chi connectivity index (χ3n) is 3.45. The second-order valence-corrected chi connectivity index (χ2v) is 5.52. The van der Waals surface area contributed by atoms with Crippen LogP contribution in [-0.2, 0) is 6.42 Å². The molecule has 0 bridgehead atoms. The molecular formula is C17H22O. The van der Waals surface area contributed by atoms with Crippen LogP contribution in [0.25, 0.3) is 10.8 Å². The van der Waals surface area contributed by atoms with Crippen LogP contribution in [0.1, 0.15) is 25.8 Å². The minimum Gasteiger partial charge on any atom is -0.396 e. The van der Waals surface area contributed by atoms with Crippen molar-refractivity contribution in [1.82, 2.24) is 0 Å². The summed E-state index contributed by atoms with van der Waals surface area (Å²) >= 11 is 0. The lowest BCUT2D eigenvalue weighted by Gasteiger charge is -2.17. The van der Waals surface area contributed by atoms with Crippen LogP contribution >= 0.6 is 0 Å². The molecule has 1 atom stereocenters. The van der Waals surface area contributed by atoms with Crippen LogP contribution in [0.5, 0.6) is 0 Å². The fourth-order valence-corrected chi connectivity index (χ4v) is 2.67. The largest absolute Gasteiger partial charge is 0.396 e. The van der Waals surface area contributed by atoms with Crippen LogP contribution in [0, 0.1) is 11.8 Å². The Morgan fingerprint density at radius 1 is 1.00 bits per heavy atom. The fourth-order valence-electron chi connectivity index (χ4n) is 2.67. The number of aliphatic hydroxyl groups is 1. The van der Waals surface area contributed by atoms with Gasteiger partial charge in [-0.1, -0.05) is 56.3 Å². The standard InChI is InChI=1S/C17H22O/c1-13(2)10-14(12-18)11-16-8-5-7-15-6-3-4-9-17(15)16/h3-9,13-14,18H,10-12H2,1-2H3. The van der Waals surface area contributed by atoms with Crippen LogP contribution < -0.4 is 0 Å². The molecule has 0 heterocycles. The normalized spacial score (nSPS) is 13.1. The zero-order valence-corrected chi connectivity index (χ0v) is 11.3. The number of benzene rings is 2. The monoisotopic (exact) mass is 242 g/mol. The first-order chi connectivity index (χ1) is 8.70. The first-order valence-electron chi connectivity index (χ1n) is 6.78. The van der Waals surface area contributed by atoms with Crippen molar-refractivity contribution in [1.29, 1.82) is 0 Å². The summed E-state index contributed by atoms with van der Waals surface area (Å²) in [7, 11) is 0. The van der Waals surface area contributed by atoms with Gasteiger partial charge < -0.3 is 5.11 Å². The van der Waals surface area contributed by atoms with Crippen molar-refractivity contribution in [3.63, 3.8) is 0 Å². The molecule has 0 aliphatic carbocycles. The highest BCUT2D eigenvalue weighted by atomic mass is 16.3. The summed E-state index contributed by atoms with van der Waals surface area (Å²) in [6.45, 7) is 4.71. The van der Waals surface area contributed by atoms with E-state index in [2.05, 4.69) is 56.3 Å². The number of rotatable bonds is 5. The Morgan fingerprint density at radius 3 is 2.44 bits per heavy atom. The zero-order valence-electron chi connectivity index (χ0n) is 11.3. The molecule has 0 fully saturated rings. The molecule has 1 heteroatoms. The molecule has 2 rings (SSSR count). The van der Waals surface area contributed by atoms with Crippen LogP contribution in [-0.4, -0.2) is 11.7 Å². The highest BCUT2D eigenvalue weighted by molar-refractivity contribution is 5.85. The lowest BCUT2D eigenvalue weighted by Crippen LogP contribution is -2.12. The lowest BCUT2D eigenvalue weighted by molar-refractivity contribution is 0.205. The smallest absolute Gasteiger partial charge is 0.0462 e. The van der Waals surface area contributed by atoms with Crippen molar-refractivity contribution in [2.75, 3.05) is 6.61 Å². The summed E-state index contributed by atoms with van der Waals surface area (Å²) in [5.74, 6) is 1.01. The van der Waals surface area contributed by atoms with Gasteiger partial charge in [-0.25, -0.2) is 0 Å². The second kappa shape index (κ2) is 6.01. The molecule has 18 heavy (non-hydrogen) atoms. The summed E-state index contributed by atoms with van der Waals surface area (Å²) in [5.41, 5.74) is 1.35. The molecule has 0 aliphatic rings. The van der Waals surface area contributed by atoms with E-state index in [1.165, 1.54) is 16.3 Å². The molecule has 96 valence electrons. The van der Waals surface area contributed by atoms with Crippen molar-refractivity contribution in [3.05, 3.63) is 48.0 Å². The van der Waals surface area contributed by atoms with Gasteiger partial charge in [-0.2, -0.15) is 0 Å². The van der Waals surface area contributed by atoms with E-state index >= 15 is 0 Å². The molecule has 0 radical (unpaired) electrons. The summed E-state index contributed by atoms with van der Waals surface area (Å²) < 4.78 is 0. The van der Waals surface area contributed by atoms with Gasteiger partial charge in [0.1, 0.15) is 0 Å². The van der Waals surface area contributed by atoms with Crippen LogP contribution in [0.15, 0.2) is 42.5 Å². The van der Waals surface area contributed by atoms with E-state index in [0.717, 1.165) is 12.8 Å². The highest BCUT2D eigenvalue weighted by Gasteiger charge is 2.12. The van der Waals surface area contributed by atoms with Gasteiger partial charge in [0, 0.05) is 6.61 Å². The van der Waals surface area contributed by atoms with Gasteiger partial charge in [0.2, 0.25) is 0 Å². The van der Waals surface area contributed by atoms with Gasteiger partial charge in [0.25, 0.3) is 0 Å². The molecule has 1 nitrogen and oxygen atoms in total. The van der Waals surface area contributed by atoms with E-state index in [0.29, 0.717) is 11.8 Å². The van der Waals surface area contributed by atoms with Gasteiger partial charge in [-0.05, 0) is 41.0 Å². The molecule has 0 aromatic heterocycles. The van der Waals surface area contributed by atoms with Crippen molar-refractivity contribution in [3.8, 4) is 0 Å². The maximum atomic E-state index is 9.51. The van der Waals surface area contributed by atoms with Crippen LogP contribution in [0.2, 0.25) is 0 Å². The lowest BCUT2D eigenvalue weighted by atomic mass is 9.89. The van der Waals surface area contributed by atoms with E-state index < -0.39 is 0 Å². The minimum absolute atomic E-state index is 0.279. The zero-order chi connectivity index (χ0) is 13.0. The Bertz CT molecular complexity index is 496. The van der Waals surface area contributed by atoms with Gasteiger partial charge >= 0.3 is 0 Å². The Kier molecular flexibility index (Phi) is 4.38. The number of hydrogen-bond acceptors (Lipinski definition) is 1. The Hall–Kier alpha value is -1.34. The quantitative estimate of drug-likeness (QED) is 0.839. The number of fused-ring (bicyclic) bond motifs is 1. The molecule has 0 aliphatic heterocycles. The van der Waals surface area contributed by atoms with Gasteiger partial charge in [0.15, 0.2) is 0 Å². The predicted molar refractivity (Wildman–Crippen MR) is 77.7 cm³/mol. The molecule has 0 spiro atoms. The molecule has 1 unspecified atom stereocenters. The molecular weight excluding hydrogens is 220 g/mol. The SMILES string of the molecule is CC(C)CC(CO)Cc1cccc2ccccc12. The summed E-state index contributed by atoms with van der Waals surface area (Å²) in [5, 5.41) is 12.1. The first-order valence-corrected chi connectivity index (χ1v) is 6.78. The predicted octanol–water partition coefficient (Wildman–Crippen LogP) is 4.04. The highest BCUT2D eigenvalue weighted by Crippen LogP contribution is 2.23. The molecule has 0 saturated carbocycles. The minimum atomic E-state index is 0.279. The Morgan fingerprint density at radius 2 is 1.72 bits per heavy atom. The third-order valence-corrected chi connectivity index (χ3v) is 3.45. The molecule has 0 amide bonds. The van der Waals surface area contributed by atoms with Crippen molar-refractivity contribution < 1.29 is 5.11 Å². The average molecular weight is 242 g/mol. The van der Waals surface area contributed by atoms with E-state index in [-0.39, 0.29) is 6.61 Å². The molecule has 1 N–H and O–H groups in total. The topological polar surface area (TPSA) is 20.2 Å². The second-order valence-electron chi connectivity index (χ2n) is 5.52. The van der Waals surface area contributed by atoms with Crippen molar-refractivity contribution >= 4 is 10.8 Å². The van der Waals surface area contributed by atoms with Crippen LogP contribution in [0.3, 0.4) is 0 Å². The van der Waals surface area contributed by atoms with Crippen molar-refractivity contribution in [2.45, 2.75) is 26.7 Å². The first kappa shape index (κ1) is 13.1. The molecule has 0 saturated heterocycles. The summed E-state index contributed by atoms with van der Waals surface area (Å²) in [6, 6.07) is 14.9. The van der Waals surface area contributed by atoms with E-state index in [4.69, 9.17) is 0 Å². The molecule has 2 aromatic rings. The summed E-state index contributed by atoms with van der Waals surface area (Å²) in [6.07, 6.45) is 2.05. The van der Waals surface area contributed by atoms with Crippen LogP contribution in [0.4, 0.5) is 0 Å². The van der Waals surface area contributed by atoms with Crippen molar-refractivity contribution in [2.24, 2.45) is 11.8 Å². The van der Waals surface area contributed by atoms with E-state index in [9.17, 15) is 5.11 Å². The van der Waals surface area contributed by atoms with E-state index in [1.54, 1.807) is 0 Å². The maximum absolute atomic E-state index is 9.51. The summed E-state index contributed by atoms with van der Waals surface area (Å²) in [4.78, 5) is 0. The number of aliphatic hydroxyl groups excluding tert-OH is 1. The van der Waals surface area contributed by atoms with Gasteiger partial charge in [-0.15, -0.1) is 0 Å². The Labute approximate surface area is 109 Å². The molecule has 2 aromatic carbocycles. The van der Waals surface area contributed by atoms with Gasteiger partial charge in [-0.3, -0.25) is 0 Å². The van der Waals surface area contributed by atoms with Gasteiger partial charge in [0.05, 0.1) is 0 Å².